The molecule has 0 saturated heterocycles. The van der Waals surface area contributed by atoms with Crippen LogP contribution in [0, 0.1) is 0 Å². The van der Waals surface area contributed by atoms with Crippen LogP contribution in [0.25, 0.3) is 11.4 Å². The number of nitrogens with one attached hydrogen (secondary N) is 1. The average Bonchev–Trinajstić information content (AvgIpc) is 3.35. The maximum Gasteiger partial charge on any atom is 0.281 e. The van der Waals surface area contributed by atoms with Gasteiger partial charge >= 0.3 is 0 Å². The van der Waals surface area contributed by atoms with Gasteiger partial charge in [-0.15, -0.1) is 5.10 Å². The van der Waals surface area contributed by atoms with E-state index in [-0.39, 0.29) is 5.91 Å². The largest absolute Gasteiger partial charge is 0.497 e. The van der Waals surface area contributed by atoms with Crippen molar-refractivity contribution in [2.24, 2.45) is 0 Å². The Bertz CT molecular complexity index is 1330. The molecule has 1 heterocycles. The second-order valence-corrected chi connectivity index (χ2v) is 8.19. The first kappa shape index (κ1) is 24.6. The molecule has 0 unspecified atom stereocenters. The molecule has 4 rings (SSSR count). The van der Waals surface area contributed by atoms with Crippen molar-refractivity contribution in [3.05, 3.63) is 77.9 Å². The van der Waals surface area contributed by atoms with Gasteiger partial charge in [-0.1, -0.05) is 12.1 Å². The third-order valence-corrected chi connectivity index (χ3v) is 5.68. The maximum absolute atomic E-state index is 13.5. The summed E-state index contributed by atoms with van der Waals surface area (Å²) in [7, 11) is 8.67. The Kier molecular flexibility index (Phi) is 7.39. The first-order chi connectivity index (χ1) is 17.4. The minimum atomic E-state index is -0.353. The Labute approximate surface area is 210 Å². The summed E-state index contributed by atoms with van der Waals surface area (Å²) in [5.41, 5.74) is 3.29. The molecular weight excluding hydrogens is 458 g/mol. The van der Waals surface area contributed by atoms with Crippen LogP contribution in [-0.2, 0) is 6.54 Å². The lowest BCUT2D eigenvalue weighted by atomic mass is 10.2. The minimum absolute atomic E-state index is 0.331. The van der Waals surface area contributed by atoms with Crippen molar-refractivity contribution in [1.29, 1.82) is 0 Å². The monoisotopic (exact) mass is 487 g/mol. The minimum Gasteiger partial charge on any atom is -0.497 e. The third kappa shape index (κ3) is 5.25. The fraction of sp³-hybridized carbons (Fsp3) is 0.222. The van der Waals surface area contributed by atoms with E-state index in [9.17, 15) is 4.79 Å². The summed E-state index contributed by atoms with van der Waals surface area (Å²) < 4.78 is 17.2. The number of aromatic nitrogens is 3. The second-order valence-electron chi connectivity index (χ2n) is 8.19. The van der Waals surface area contributed by atoms with Crippen LogP contribution in [-0.4, -0.2) is 56.1 Å². The highest BCUT2D eigenvalue weighted by atomic mass is 16.5. The van der Waals surface area contributed by atoms with Crippen molar-refractivity contribution in [2.75, 3.05) is 45.6 Å². The van der Waals surface area contributed by atoms with Gasteiger partial charge in [0.25, 0.3) is 5.91 Å². The molecule has 9 nitrogen and oxygen atoms in total. The van der Waals surface area contributed by atoms with Crippen molar-refractivity contribution in [1.82, 2.24) is 14.8 Å². The molecule has 0 saturated carbocycles. The molecule has 0 amide bonds. The van der Waals surface area contributed by atoms with Crippen LogP contribution in [0.15, 0.2) is 66.7 Å². The highest BCUT2D eigenvalue weighted by molar-refractivity contribution is 5.97. The van der Waals surface area contributed by atoms with Crippen LogP contribution in [0.2, 0.25) is 0 Å². The number of carbonyl (C=O) groups excluding carboxylic acids is 1. The normalized spacial score (nSPS) is 10.6. The molecule has 36 heavy (non-hydrogen) atoms. The molecule has 0 bridgehead atoms. The van der Waals surface area contributed by atoms with Crippen molar-refractivity contribution in [2.45, 2.75) is 6.54 Å². The van der Waals surface area contributed by atoms with E-state index in [4.69, 9.17) is 14.2 Å². The van der Waals surface area contributed by atoms with E-state index in [1.54, 1.807) is 32.4 Å². The van der Waals surface area contributed by atoms with Gasteiger partial charge < -0.3 is 24.4 Å². The zero-order valence-electron chi connectivity index (χ0n) is 21.0. The zero-order chi connectivity index (χ0) is 25.7. The van der Waals surface area contributed by atoms with E-state index in [0.717, 1.165) is 22.6 Å². The van der Waals surface area contributed by atoms with Gasteiger partial charge in [-0.2, -0.15) is 9.67 Å². The molecule has 1 aromatic heterocycles. The highest BCUT2D eigenvalue weighted by Crippen LogP contribution is 2.29. The van der Waals surface area contributed by atoms with Gasteiger partial charge in [0, 0.05) is 37.5 Å². The number of carbonyl (C=O) groups is 1. The first-order valence-electron chi connectivity index (χ1n) is 11.3. The SMILES string of the molecule is COc1ccc(-c2nc(NCc3ccc(N(C)C)cc3)n(C(=O)c3ccc(OC)c(OC)c3)n2)cc1. The lowest BCUT2D eigenvalue weighted by molar-refractivity contribution is 0.0947. The molecule has 3 aromatic carbocycles. The van der Waals surface area contributed by atoms with Crippen LogP contribution in [0.5, 0.6) is 17.2 Å². The molecule has 4 aromatic rings. The molecule has 0 aliphatic carbocycles. The van der Waals surface area contributed by atoms with Gasteiger partial charge in [-0.3, -0.25) is 4.79 Å². The standard InChI is InChI=1S/C27H29N5O4/c1-31(2)21-11-6-18(7-12-21)17-28-27-29-25(19-8-13-22(34-3)14-9-19)30-32(27)26(33)20-10-15-23(35-4)24(16-20)36-5/h6-16H,17H2,1-5H3,(H,28,29,30). The molecule has 0 spiro atoms. The summed E-state index contributed by atoms with van der Waals surface area (Å²) in [6.45, 7) is 0.466. The Morgan fingerprint density at radius 2 is 1.58 bits per heavy atom. The van der Waals surface area contributed by atoms with Crippen molar-refractivity contribution in [3.8, 4) is 28.6 Å². The fourth-order valence-electron chi connectivity index (χ4n) is 3.62. The number of hydrogen-bond acceptors (Lipinski definition) is 8. The van der Waals surface area contributed by atoms with Crippen molar-refractivity contribution in [3.63, 3.8) is 0 Å². The predicted molar refractivity (Wildman–Crippen MR) is 139 cm³/mol. The Balaban J connectivity index is 1.67. The molecule has 9 heteroatoms. The number of anilines is 2. The number of rotatable bonds is 9. The van der Waals surface area contributed by atoms with Gasteiger partial charge in [-0.05, 0) is 60.2 Å². The third-order valence-electron chi connectivity index (χ3n) is 5.68. The molecule has 0 aliphatic rings. The maximum atomic E-state index is 13.5. The second kappa shape index (κ2) is 10.8. The number of nitrogens with zero attached hydrogens (tertiary/aromatic N) is 4. The smallest absolute Gasteiger partial charge is 0.281 e. The summed E-state index contributed by atoms with van der Waals surface area (Å²) in [5.74, 6) is 2.10. The van der Waals surface area contributed by atoms with Gasteiger partial charge in [0.1, 0.15) is 5.75 Å². The fourth-order valence-corrected chi connectivity index (χ4v) is 3.62. The molecule has 0 radical (unpaired) electrons. The predicted octanol–water partition coefficient (Wildman–Crippen LogP) is 4.34. The molecule has 0 aliphatic heterocycles. The Morgan fingerprint density at radius 3 is 2.19 bits per heavy atom. The lowest BCUT2D eigenvalue weighted by Crippen LogP contribution is -2.18. The quantitative estimate of drug-likeness (QED) is 0.373. The number of hydrogen-bond donors (Lipinski definition) is 1. The molecule has 1 N–H and O–H groups in total. The first-order valence-corrected chi connectivity index (χ1v) is 11.3. The molecule has 0 fully saturated rings. The topological polar surface area (TPSA) is 90.7 Å². The van der Waals surface area contributed by atoms with Crippen molar-refractivity contribution >= 4 is 17.5 Å². The Hall–Kier alpha value is -4.53. The number of benzene rings is 3. The summed E-state index contributed by atoms with van der Waals surface area (Å²) in [4.78, 5) is 20.2. The van der Waals surface area contributed by atoms with Crippen LogP contribution in [0.1, 0.15) is 15.9 Å². The van der Waals surface area contributed by atoms with E-state index in [1.807, 2.05) is 67.5 Å². The van der Waals surface area contributed by atoms with Gasteiger partial charge in [0.05, 0.1) is 21.3 Å². The van der Waals surface area contributed by atoms with Crippen LogP contribution >= 0.6 is 0 Å². The molecule has 0 atom stereocenters. The summed E-state index contributed by atoms with van der Waals surface area (Å²) in [5, 5.41) is 7.80. The van der Waals surface area contributed by atoms with E-state index < -0.39 is 0 Å². The van der Waals surface area contributed by atoms with E-state index >= 15 is 0 Å². The average molecular weight is 488 g/mol. The lowest BCUT2D eigenvalue weighted by Gasteiger charge is -2.13. The van der Waals surface area contributed by atoms with Crippen molar-refractivity contribution < 1.29 is 19.0 Å². The molecule has 186 valence electrons. The van der Waals surface area contributed by atoms with Crippen LogP contribution < -0.4 is 24.4 Å². The van der Waals surface area contributed by atoms with E-state index in [0.29, 0.717) is 35.4 Å². The Morgan fingerprint density at radius 1 is 0.889 bits per heavy atom. The van der Waals surface area contributed by atoms with Gasteiger partial charge in [0.2, 0.25) is 5.95 Å². The summed E-state index contributed by atoms with van der Waals surface area (Å²) in [6.07, 6.45) is 0. The zero-order valence-corrected chi connectivity index (χ0v) is 21.0. The van der Waals surface area contributed by atoms with Crippen LogP contribution in [0.4, 0.5) is 11.6 Å². The number of ether oxygens (including phenoxy) is 3. The van der Waals surface area contributed by atoms with Crippen LogP contribution in [0.3, 0.4) is 0 Å². The van der Waals surface area contributed by atoms with Gasteiger partial charge in [0.15, 0.2) is 17.3 Å². The molecular formula is C27H29N5O4. The number of methoxy groups -OCH3 is 3. The van der Waals surface area contributed by atoms with E-state index in [1.165, 1.54) is 11.8 Å². The van der Waals surface area contributed by atoms with E-state index in [2.05, 4.69) is 15.4 Å². The summed E-state index contributed by atoms with van der Waals surface area (Å²) >= 11 is 0. The van der Waals surface area contributed by atoms with Gasteiger partial charge in [-0.25, -0.2) is 0 Å². The highest BCUT2D eigenvalue weighted by Gasteiger charge is 2.20. The summed E-state index contributed by atoms with van der Waals surface area (Å²) in [6, 6.07) is 20.5.